The fraction of sp³-hybridized carbons (Fsp3) is 0.357. The third-order valence-corrected chi connectivity index (χ3v) is 5.43. The van der Waals surface area contributed by atoms with Crippen molar-refractivity contribution in [2.75, 3.05) is 0 Å². The molecule has 0 saturated carbocycles. The summed E-state index contributed by atoms with van der Waals surface area (Å²) in [5.41, 5.74) is 6.89. The molecule has 6 nitrogen and oxygen atoms in total. The molecule has 2 aliphatic heterocycles. The first-order valence-corrected chi connectivity index (χ1v) is 7.98. The topological polar surface area (TPSA) is 104 Å². The average Bonchev–Trinajstić information content (AvgIpc) is 2.99. The summed E-state index contributed by atoms with van der Waals surface area (Å²) in [4.78, 5) is 25.9. The summed E-state index contributed by atoms with van der Waals surface area (Å²) in [6, 6.07) is 1.46. The van der Waals surface area contributed by atoms with E-state index in [0.717, 1.165) is 5.56 Å². The van der Waals surface area contributed by atoms with Crippen LogP contribution >= 0.6 is 23.6 Å². The number of carbonyl (C=O) groups excluding carboxylic acids is 1. The molecule has 1 amide bonds. The van der Waals surface area contributed by atoms with Gasteiger partial charge >= 0.3 is 5.97 Å². The van der Waals surface area contributed by atoms with Gasteiger partial charge in [0.15, 0.2) is 0 Å². The number of hydrogen-bond acceptors (Lipinski definition) is 5. The van der Waals surface area contributed by atoms with E-state index in [-0.39, 0.29) is 22.6 Å². The van der Waals surface area contributed by atoms with Crippen LogP contribution in [0.4, 0.5) is 0 Å². The summed E-state index contributed by atoms with van der Waals surface area (Å²) >= 11 is 6.26. The van der Waals surface area contributed by atoms with Gasteiger partial charge in [0.2, 0.25) is 5.91 Å². The number of amides is 1. The molecule has 2 aliphatic rings. The van der Waals surface area contributed by atoms with Gasteiger partial charge in [0.05, 0.1) is 22.9 Å². The first-order chi connectivity index (χ1) is 10.3. The molecule has 1 saturated heterocycles. The highest BCUT2D eigenvalue weighted by atomic mass is 32.1. The number of carbonyl (C=O) groups is 2. The number of aliphatic hydroxyl groups is 1. The van der Waals surface area contributed by atoms with Crippen molar-refractivity contribution in [1.29, 1.82) is 0 Å². The highest BCUT2D eigenvalue weighted by Crippen LogP contribution is 2.47. The summed E-state index contributed by atoms with van der Waals surface area (Å²) in [7, 11) is 0. The molecule has 22 heavy (non-hydrogen) atoms. The molecule has 1 aromatic rings. The zero-order valence-electron chi connectivity index (χ0n) is 11.6. The Morgan fingerprint density at radius 1 is 1.59 bits per heavy atom. The fourth-order valence-corrected chi connectivity index (χ4v) is 4.13. The minimum atomic E-state index is -1.14. The number of rotatable bonds is 4. The molecule has 0 bridgehead atoms. The van der Waals surface area contributed by atoms with Crippen LogP contribution in [0, 0.1) is 5.92 Å². The number of thiocarbonyl (C=S) groups is 1. The van der Waals surface area contributed by atoms with E-state index in [1.165, 1.54) is 16.2 Å². The van der Waals surface area contributed by atoms with Crippen molar-refractivity contribution in [3.63, 3.8) is 0 Å². The van der Waals surface area contributed by atoms with Crippen LogP contribution in [0.1, 0.15) is 23.8 Å². The third-order valence-electron chi connectivity index (χ3n) is 4.12. The molecular formula is C14H14N2O4S2. The number of aliphatic hydroxyl groups excluding tert-OH is 1. The molecule has 0 radical (unpaired) electrons. The lowest BCUT2D eigenvalue weighted by Crippen LogP contribution is -2.61. The normalized spacial score (nSPS) is 25.0. The van der Waals surface area contributed by atoms with Gasteiger partial charge in [-0.3, -0.25) is 4.79 Å². The Morgan fingerprint density at radius 2 is 2.27 bits per heavy atom. The van der Waals surface area contributed by atoms with Crippen LogP contribution < -0.4 is 5.73 Å². The number of hydrogen-bond donors (Lipinski definition) is 3. The number of thiophene rings is 1. The van der Waals surface area contributed by atoms with Gasteiger partial charge in [0.1, 0.15) is 10.7 Å². The predicted molar refractivity (Wildman–Crippen MR) is 85.2 cm³/mol. The Kier molecular flexibility index (Phi) is 3.54. The Balaban J connectivity index is 2.01. The van der Waals surface area contributed by atoms with E-state index in [9.17, 15) is 19.8 Å². The maximum absolute atomic E-state index is 12.1. The first kappa shape index (κ1) is 15.1. The van der Waals surface area contributed by atoms with Gasteiger partial charge in [-0.05, 0) is 35.9 Å². The second kappa shape index (κ2) is 5.15. The summed E-state index contributed by atoms with van der Waals surface area (Å²) in [6.45, 7) is 1.55. The molecule has 3 heterocycles. The second-order valence-corrected chi connectivity index (χ2v) is 6.79. The van der Waals surface area contributed by atoms with Gasteiger partial charge in [-0.1, -0.05) is 12.2 Å². The van der Waals surface area contributed by atoms with Gasteiger partial charge in [-0.2, -0.15) is 0 Å². The smallest absolute Gasteiger partial charge is 0.352 e. The van der Waals surface area contributed by atoms with Crippen LogP contribution in [-0.2, 0) is 9.59 Å². The van der Waals surface area contributed by atoms with Crippen molar-refractivity contribution < 1.29 is 19.8 Å². The molecule has 0 aromatic carbocycles. The van der Waals surface area contributed by atoms with E-state index < -0.39 is 18.0 Å². The van der Waals surface area contributed by atoms with Gasteiger partial charge in [0.25, 0.3) is 0 Å². The Hall–Kier alpha value is -1.77. The molecule has 8 heteroatoms. The molecule has 1 fully saturated rings. The van der Waals surface area contributed by atoms with Crippen molar-refractivity contribution in [3.05, 3.63) is 27.6 Å². The van der Waals surface area contributed by atoms with Gasteiger partial charge in [-0.25, -0.2) is 4.79 Å². The second-order valence-electron chi connectivity index (χ2n) is 5.44. The van der Waals surface area contributed by atoms with Crippen molar-refractivity contribution in [3.8, 4) is 0 Å². The van der Waals surface area contributed by atoms with Crippen LogP contribution in [0.25, 0.3) is 5.57 Å². The monoisotopic (exact) mass is 338 g/mol. The minimum Gasteiger partial charge on any atom is -0.477 e. The van der Waals surface area contributed by atoms with Crippen molar-refractivity contribution in [1.82, 2.24) is 4.90 Å². The lowest BCUT2D eigenvalue weighted by atomic mass is 9.82. The third kappa shape index (κ3) is 2.06. The van der Waals surface area contributed by atoms with Gasteiger partial charge < -0.3 is 20.8 Å². The van der Waals surface area contributed by atoms with Gasteiger partial charge in [-0.15, -0.1) is 11.3 Å². The molecule has 3 atom stereocenters. The predicted octanol–water partition coefficient (Wildman–Crippen LogP) is 0.789. The molecule has 1 aromatic heterocycles. The lowest BCUT2D eigenvalue weighted by molar-refractivity contribution is -0.161. The average molecular weight is 338 g/mol. The van der Waals surface area contributed by atoms with Crippen molar-refractivity contribution in [2.24, 2.45) is 11.7 Å². The summed E-state index contributed by atoms with van der Waals surface area (Å²) in [6.07, 6.45) is -0.381. The van der Waals surface area contributed by atoms with E-state index >= 15 is 0 Å². The van der Waals surface area contributed by atoms with Crippen LogP contribution in [0.15, 0.2) is 17.1 Å². The van der Waals surface area contributed by atoms with E-state index in [2.05, 4.69) is 0 Å². The van der Waals surface area contributed by atoms with Crippen LogP contribution in [0.5, 0.6) is 0 Å². The Bertz CT molecular complexity index is 722. The molecule has 0 spiro atoms. The number of carboxylic acid groups (broad SMARTS) is 1. The maximum Gasteiger partial charge on any atom is 0.352 e. The molecule has 116 valence electrons. The van der Waals surface area contributed by atoms with Crippen molar-refractivity contribution >= 4 is 46.0 Å². The van der Waals surface area contributed by atoms with Crippen LogP contribution in [0.2, 0.25) is 0 Å². The first-order valence-electron chi connectivity index (χ1n) is 6.69. The van der Waals surface area contributed by atoms with E-state index in [1.807, 2.05) is 0 Å². The largest absolute Gasteiger partial charge is 0.477 e. The van der Waals surface area contributed by atoms with Crippen LogP contribution in [0.3, 0.4) is 0 Å². The molecular weight excluding hydrogens is 324 g/mol. The summed E-state index contributed by atoms with van der Waals surface area (Å²) < 4.78 is 0. The number of nitrogens with two attached hydrogens (primary N) is 1. The van der Waals surface area contributed by atoms with Gasteiger partial charge in [0, 0.05) is 0 Å². The molecule has 0 unspecified atom stereocenters. The van der Waals surface area contributed by atoms with E-state index in [1.54, 1.807) is 18.4 Å². The fourth-order valence-electron chi connectivity index (χ4n) is 3.15. The molecule has 3 rings (SSSR count). The zero-order valence-corrected chi connectivity index (χ0v) is 13.3. The van der Waals surface area contributed by atoms with E-state index in [0.29, 0.717) is 16.9 Å². The maximum atomic E-state index is 12.1. The van der Waals surface area contributed by atoms with Crippen molar-refractivity contribution in [2.45, 2.75) is 25.5 Å². The summed E-state index contributed by atoms with van der Waals surface area (Å²) in [5.74, 6) is -2.02. The number of β-lactam (4-membered cyclic amide) rings is 1. The van der Waals surface area contributed by atoms with Crippen LogP contribution in [-0.4, -0.2) is 44.1 Å². The molecule has 4 N–H and O–H groups in total. The number of carboxylic acids is 1. The zero-order chi connectivity index (χ0) is 16.2. The Morgan fingerprint density at radius 3 is 2.77 bits per heavy atom. The number of nitrogens with zero attached hydrogens (tertiary/aromatic N) is 1. The number of aliphatic carboxylic acids is 1. The quantitative estimate of drug-likeness (QED) is 0.554. The van der Waals surface area contributed by atoms with E-state index in [4.69, 9.17) is 18.0 Å². The number of fused-ring (bicyclic) bond motifs is 1. The minimum absolute atomic E-state index is 0.000750. The molecule has 0 aliphatic carbocycles. The highest BCUT2D eigenvalue weighted by molar-refractivity contribution is 7.81. The highest BCUT2D eigenvalue weighted by Gasteiger charge is 2.56. The standard InChI is InChI=1S/C14H14N2O4S2/c1-5(17)10-8-3-7(6-2-9(12(15)21)22-4-6)11(14(19)20)16(8)13(10)18/h2,4-5,8,10,17H,3H2,1H3,(H2,15,21)(H,19,20)/t5-,8-,10-/m1/s1. The summed E-state index contributed by atoms with van der Waals surface area (Å²) in [5, 5.41) is 21.0. The lowest BCUT2D eigenvalue weighted by Gasteiger charge is -2.44. The SMILES string of the molecule is C[C@@H](O)[C@H]1C(=O)N2C(C(=O)O)=C(c3csc(C(N)=S)c3)C[C@H]12. The Labute approximate surface area is 135 Å².